The third kappa shape index (κ3) is 2.49. The molecule has 1 atom stereocenters. The Hall–Kier alpha value is -2.39. The van der Waals surface area contributed by atoms with Crippen LogP contribution in [0.2, 0.25) is 0 Å². The second-order valence-electron chi connectivity index (χ2n) is 4.80. The molecule has 0 amide bonds. The van der Waals surface area contributed by atoms with E-state index >= 15 is 0 Å². The fraction of sp³-hybridized carbons (Fsp3) is 0.118. The van der Waals surface area contributed by atoms with E-state index < -0.39 is 0 Å². The normalized spacial score (nSPS) is 12.3. The van der Waals surface area contributed by atoms with E-state index in [1.54, 1.807) is 6.20 Å². The highest BCUT2D eigenvalue weighted by Crippen LogP contribution is 2.29. The number of nitrogens with zero attached hydrogens (tertiary/aromatic N) is 1. The van der Waals surface area contributed by atoms with Gasteiger partial charge in [-0.15, -0.1) is 0 Å². The molecule has 2 aromatic carbocycles. The number of fused-ring (bicyclic) bond motifs is 1. The molecule has 0 radical (unpaired) electrons. The van der Waals surface area contributed by atoms with Crippen molar-refractivity contribution in [2.45, 2.75) is 13.0 Å². The van der Waals surface area contributed by atoms with Crippen LogP contribution in [0.1, 0.15) is 18.5 Å². The monoisotopic (exact) mass is 264 g/mol. The van der Waals surface area contributed by atoms with E-state index in [0.29, 0.717) is 5.88 Å². The van der Waals surface area contributed by atoms with Crippen molar-refractivity contribution in [1.82, 2.24) is 4.98 Å². The predicted octanol–water partition coefficient (Wildman–Crippen LogP) is 4.05. The third-order valence-corrected chi connectivity index (χ3v) is 3.25. The van der Waals surface area contributed by atoms with Crippen LogP contribution in [0.3, 0.4) is 0 Å². The number of nitrogens with two attached hydrogens (primary N) is 1. The Labute approximate surface area is 118 Å². The largest absolute Gasteiger partial charge is 0.438 e. The lowest BCUT2D eigenvalue weighted by Gasteiger charge is -2.09. The summed E-state index contributed by atoms with van der Waals surface area (Å²) in [6.07, 6.45) is 1.76. The Balaban J connectivity index is 1.93. The average molecular weight is 264 g/mol. The lowest BCUT2D eigenvalue weighted by atomic mass is 10.1. The van der Waals surface area contributed by atoms with Gasteiger partial charge in [-0.25, -0.2) is 4.98 Å². The van der Waals surface area contributed by atoms with Gasteiger partial charge in [0.25, 0.3) is 0 Å². The number of aromatic nitrogens is 1. The van der Waals surface area contributed by atoms with Gasteiger partial charge in [-0.3, -0.25) is 0 Å². The zero-order valence-corrected chi connectivity index (χ0v) is 11.3. The maximum Gasteiger partial charge on any atom is 0.219 e. The van der Waals surface area contributed by atoms with Gasteiger partial charge in [0.2, 0.25) is 5.88 Å². The minimum absolute atomic E-state index is 0.0193. The van der Waals surface area contributed by atoms with E-state index in [1.807, 2.05) is 49.4 Å². The van der Waals surface area contributed by atoms with E-state index in [2.05, 4.69) is 17.1 Å². The summed E-state index contributed by atoms with van der Waals surface area (Å²) < 4.78 is 5.87. The minimum atomic E-state index is -0.0193. The lowest BCUT2D eigenvalue weighted by Crippen LogP contribution is -2.05. The highest BCUT2D eigenvalue weighted by molar-refractivity contribution is 5.88. The van der Waals surface area contributed by atoms with Crippen LogP contribution in [0.15, 0.2) is 60.8 Å². The summed E-state index contributed by atoms with van der Waals surface area (Å²) in [6, 6.07) is 17.9. The lowest BCUT2D eigenvalue weighted by molar-refractivity contribution is 0.467. The molecule has 100 valence electrons. The van der Waals surface area contributed by atoms with Gasteiger partial charge in [-0.1, -0.05) is 42.5 Å². The van der Waals surface area contributed by atoms with Gasteiger partial charge in [-0.05, 0) is 23.9 Å². The highest BCUT2D eigenvalue weighted by atomic mass is 16.5. The molecule has 1 aromatic heterocycles. The fourth-order valence-corrected chi connectivity index (χ4v) is 2.12. The van der Waals surface area contributed by atoms with Gasteiger partial charge in [0.1, 0.15) is 5.75 Å². The van der Waals surface area contributed by atoms with Crippen LogP contribution in [0.4, 0.5) is 0 Å². The first-order chi connectivity index (χ1) is 9.74. The number of ether oxygens (including phenoxy) is 1. The molecule has 0 bridgehead atoms. The number of hydrogen-bond donors (Lipinski definition) is 1. The highest BCUT2D eigenvalue weighted by Gasteiger charge is 2.05. The quantitative estimate of drug-likeness (QED) is 0.776. The van der Waals surface area contributed by atoms with Crippen molar-refractivity contribution in [3.8, 4) is 11.6 Å². The SMILES string of the molecule is CC(N)c1ccc(Oc2cccc3ccccc23)nc1. The Bertz CT molecular complexity index is 715. The fourth-order valence-electron chi connectivity index (χ4n) is 2.12. The van der Waals surface area contributed by atoms with Gasteiger partial charge in [-0.2, -0.15) is 0 Å². The first-order valence-electron chi connectivity index (χ1n) is 6.61. The van der Waals surface area contributed by atoms with E-state index in [9.17, 15) is 0 Å². The zero-order chi connectivity index (χ0) is 13.9. The van der Waals surface area contributed by atoms with Crippen LogP contribution in [0, 0.1) is 0 Å². The van der Waals surface area contributed by atoms with Crippen LogP contribution in [0.25, 0.3) is 10.8 Å². The topological polar surface area (TPSA) is 48.1 Å². The van der Waals surface area contributed by atoms with Gasteiger partial charge in [0.15, 0.2) is 0 Å². The summed E-state index contributed by atoms with van der Waals surface area (Å²) in [6.45, 7) is 1.93. The predicted molar refractivity (Wildman–Crippen MR) is 80.9 cm³/mol. The minimum Gasteiger partial charge on any atom is -0.438 e. The summed E-state index contributed by atoms with van der Waals surface area (Å²) >= 11 is 0. The molecule has 0 saturated carbocycles. The summed E-state index contributed by atoms with van der Waals surface area (Å²) in [5, 5.41) is 2.23. The Kier molecular flexibility index (Phi) is 3.35. The summed E-state index contributed by atoms with van der Waals surface area (Å²) in [4.78, 5) is 4.30. The maximum absolute atomic E-state index is 5.87. The van der Waals surface area contributed by atoms with Gasteiger partial charge in [0.05, 0.1) is 0 Å². The molecule has 0 aliphatic heterocycles. The molecule has 0 fully saturated rings. The summed E-state index contributed by atoms with van der Waals surface area (Å²) in [5.74, 6) is 1.38. The summed E-state index contributed by atoms with van der Waals surface area (Å²) in [5.41, 5.74) is 6.81. The molecule has 20 heavy (non-hydrogen) atoms. The molecular formula is C17H16N2O. The smallest absolute Gasteiger partial charge is 0.219 e. The molecule has 1 heterocycles. The van der Waals surface area contributed by atoms with E-state index in [4.69, 9.17) is 10.5 Å². The molecule has 0 saturated heterocycles. The van der Waals surface area contributed by atoms with Crippen molar-refractivity contribution in [2.75, 3.05) is 0 Å². The van der Waals surface area contributed by atoms with Crippen molar-refractivity contribution in [2.24, 2.45) is 5.73 Å². The van der Waals surface area contributed by atoms with E-state index in [1.165, 1.54) is 0 Å². The van der Waals surface area contributed by atoms with Crippen LogP contribution in [0.5, 0.6) is 11.6 Å². The van der Waals surface area contributed by atoms with E-state index in [0.717, 1.165) is 22.1 Å². The average Bonchev–Trinajstić information content (AvgIpc) is 2.48. The number of pyridine rings is 1. The van der Waals surface area contributed by atoms with Gasteiger partial charge in [0, 0.05) is 23.7 Å². The molecule has 2 N–H and O–H groups in total. The molecule has 0 aliphatic carbocycles. The van der Waals surface area contributed by atoms with Crippen molar-refractivity contribution >= 4 is 10.8 Å². The van der Waals surface area contributed by atoms with Crippen LogP contribution in [-0.4, -0.2) is 4.98 Å². The first-order valence-corrected chi connectivity index (χ1v) is 6.61. The van der Waals surface area contributed by atoms with Crippen molar-refractivity contribution in [1.29, 1.82) is 0 Å². The third-order valence-electron chi connectivity index (χ3n) is 3.25. The van der Waals surface area contributed by atoms with Gasteiger partial charge >= 0.3 is 0 Å². The Morgan fingerprint density at radius 1 is 1.00 bits per heavy atom. The number of benzene rings is 2. The standard InChI is InChI=1S/C17H16N2O/c1-12(18)14-9-10-17(19-11-14)20-16-8-4-6-13-5-2-3-7-15(13)16/h2-12H,18H2,1H3. The molecule has 3 heteroatoms. The van der Waals surface area contributed by atoms with Crippen LogP contribution in [-0.2, 0) is 0 Å². The first kappa shape index (κ1) is 12.6. The van der Waals surface area contributed by atoms with Crippen LogP contribution >= 0.6 is 0 Å². The number of hydrogen-bond acceptors (Lipinski definition) is 3. The van der Waals surface area contributed by atoms with Crippen molar-refractivity contribution in [3.63, 3.8) is 0 Å². The van der Waals surface area contributed by atoms with Crippen molar-refractivity contribution < 1.29 is 4.74 Å². The molecular weight excluding hydrogens is 248 g/mol. The molecule has 0 aliphatic rings. The molecule has 0 spiro atoms. The molecule has 3 rings (SSSR count). The second kappa shape index (κ2) is 5.31. The zero-order valence-electron chi connectivity index (χ0n) is 11.3. The second-order valence-corrected chi connectivity index (χ2v) is 4.80. The van der Waals surface area contributed by atoms with Gasteiger partial charge < -0.3 is 10.5 Å². The molecule has 1 unspecified atom stereocenters. The van der Waals surface area contributed by atoms with Crippen LogP contribution < -0.4 is 10.5 Å². The molecule has 3 nitrogen and oxygen atoms in total. The Morgan fingerprint density at radius 2 is 1.80 bits per heavy atom. The maximum atomic E-state index is 5.87. The Morgan fingerprint density at radius 3 is 2.55 bits per heavy atom. The van der Waals surface area contributed by atoms with E-state index in [-0.39, 0.29) is 6.04 Å². The summed E-state index contributed by atoms with van der Waals surface area (Å²) in [7, 11) is 0. The number of rotatable bonds is 3. The van der Waals surface area contributed by atoms with Crippen molar-refractivity contribution in [3.05, 3.63) is 66.4 Å². The molecule has 3 aromatic rings.